The first-order valence-corrected chi connectivity index (χ1v) is 8.27. The van der Waals surface area contributed by atoms with Crippen LogP contribution in [0.1, 0.15) is 23.6 Å². The third-order valence-corrected chi connectivity index (χ3v) is 4.59. The first kappa shape index (κ1) is 16.3. The lowest BCUT2D eigenvalue weighted by Gasteiger charge is -2.26. The predicted molar refractivity (Wildman–Crippen MR) is 98.3 cm³/mol. The SMILES string of the molecule is COC(=O)C(/C=C/c1ccccc1)C1C=C(C)c2ccccc2C1. The minimum Gasteiger partial charge on any atom is -0.469 e. The van der Waals surface area contributed by atoms with Gasteiger partial charge in [0, 0.05) is 0 Å². The zero-order valence-corrected chi connectivity index (χ0v) is 14.1. The number of allylic oxidation sites excluding steroid dienone is 2. The van der Waals surface area contributed by atoms with Crippen LogP contribution in [0.2, 0.25) is 0 Å². The van der Waals surface area contributed by atoms with Crippen molar-refractivity contribution in [3.63, 3.8) is 0 Å². The van der Waals surface area contributed by atoms with E-state index in [0.717, 1.165) is 12.0 Å². The van der Waals surface area contributed by atoms with Crippen LogP contribution in [0.25, 0.3) is 11.6 Å². The summed E-state index contributed by atoms with van der Waals surface area (Å²) in [4.78, 5) is 12.3. The van der Waals surface area contributed by atoms with Crippen molar-refractivity contribution in [2.75, 3.05) is 7.11 Å². The number of esters is 1. The monoisotopic (exact) mass is 318 g/mol. The maximum Gasteiger partial charge on any atom is 0.313 e. The van der Waals surface area contributed by atoms with E-state index in [4.69, 9.17) is 4.74 Å². The van der Waals surface area contributed by atoms with E-state index in [-0.39, 0.29) is 17.8 Å². The molecule has 0 amide bonds. The van der Waals surface area contributed by atoms with Gasteiger partial charge in [0.2, 0.25) is 0 Å². The van der Waals surface area contributed by atoms with E-state index >= 15 is 0 Å². The van der Waals surface area contributed by atoms with E-state index in [1.807, 2.05) is 42.5 Å². The van der Waals surface area contributed by atoms with Crippen molar-refractivity contribution in [1.29, 1.82) is 0 Å². The van der Waals surface area contributed by atoms with Crippen LogP contribution >= 0.6 is 0 Å². The second-order valence-electron chi connectivity index (χ2n) is 6.19. The molecule has 0 saturated carbocycles. The second kappa shape index (κ2) is 7.31. The summed E-state index contributed by atoms with van der Waals surface area (Å²) in [6, 6.07) is 18.4. The molecule has 2 atom stereocenters. The molecule has 0 radical (unpaired) electrons. The molecule has 0 aliphatic heterocycles. The molecular weight excluding hydrogens is 296 g/mol. The van der Waals surface area contributed by atoms with Crippen molar-refractivity contribution in [2.24, 2.45) is 11.8 Å². The lowest BCUT2D eigenvalue weighted by Crippen LogP contribution is -2.26. The fourth-order valence-electron chi connectivity index (χ4n) is 3.35. The Balaban J connectivity index is 1.89. The van der Waals surface area contributed by atoms with Crippen molar-refractivity contribution < 1.29 is 9.53 Å². The molecule has 0 bridgehead atoms. The number of methoxy groups -OCH3 is 1. The Bertz CT molecular complexity index is 772. The average molecular weight is 318 g/mol. The highest BCUT2D eigenvalue weighted by Gasteiger charge is 2.29. The van der Waals surface area contributed by atoms with Crippen molar-refractivity contribution in [1.82, 2.24) is 0 Å². The maximum absolute atomic E-state index is 12.3. The summed E-state index contributed by atoms with van der Waals surface area (Å²) in [6.07, 6.45) is 7.04. The molecule has 0 spiro atoms. The maximum atomic E-state index is 12.3. The Hall–Kier alpha value is -2.61. The van der Waals surface area contributed by atoms with Gasteiger partial charge in [0.15, 0.2) is 0 Å². The van der Waals surface area contributed by atoms with E-state index in [9.17, 15) is 4.79 Å². The molecule has 2 aromatic carbocycles. The van der Waals surface area contributed by atoms with Gasteiger partial charge in [0.25, 0.3) is 0 Å². The topological polar surface area (TPSA) is 26.3 Å². The Morgan fingerprint density at radius 3 is 2.58 bits per heavy atom. The number of ether oxygens (including phenoxy) is 1. The zero-order valence-electron chi connectivity index (χ0n) is 14.1. The number of rotatable bonds is 4. The number of carbonyl (C=O) groups excluding carboxylic acids is 1. The third-order valence-electron chi connectivity index (χ3n) is 4.59. The third kappa shape index (κ3) is 3.48. The van der Waals surface area contributed by atoms with Gasteiger partial charge in [-0.25, -0.2) is 0 Å². The van der Waals surface area contributed by atoms with Crippen LogP contribution in [0.15, 0.2) is 66.7 Å². The van der Waals surface area contributed by atoms with Gasteiger partial charge in [0.05, 0.1) is 13.0 Å². The molecule has 2 heteroatoms. The van der Waals surface area contributed by atoms with E-state index in [0.29, 0.717) is 0 Å². The van der Waals surface area contributed by atoms with Gasteiger partial charge in [0.1, 0.15) is 0 Å². The van der Waals surface area contributed by atoms with Crippen LogP contribution in [0.3, 0.4) is 0 Å². The summed E-state index contributed by atoms with van der Waals surface area (Å²) in [5, 5.41) is 0. The predicted octanol–water partition coefficient (Wildman–Crippen LogP) is 4.76. The smallest absolute Gasteiger partial charge is 0.313 e. The summed E-state index contributed by atoms with van der Waals surface area (Å²) in [5.41, 5.74) is 4.89. The highest BCUT2D eigenvalue weighted by Crippen LogP contribution is 2.33. The van der Waals surface area contributed by atoms with Crippen molar-refractivity contribution in [3.05, 3.63) is 83.4 Å². The molecule has 0 heterocycles. The number of carbonyl (C=O) groups is 1. The summed E-state index contributed by atoms with van der Waals surface area (Å²) in [6.45, 7) is 2.11. The molecule has 0 saturated heterocycles. The normalized spacial score (nSPS) is 17.9. The van der Waals surface area contributed by atoms with Gasteiger partial charge < -0.3 is 4.74 Å². The standard InChI is InChI=1S/C22H22O2/c1-16-14-19(15-18-10-6-7-11-20(16)18)21(22(23)24-2)13-12-17-8-4-3-5-9-17/h3-14,19,21H,15H2,1-2H3/b13-12+. The molecule has 0 N–H and O–H groups in total. The van der Waals surface area contributed by atoms with Gasteiger partial charge >= 0.3 is 5.97 Å². The number of hydrogen-bond acceptors (Lipinski definition) is 2. The van der Waals surface area contributed by atoms with Crippen molar-refractivity contribution in [2.45, 2.75) is 13.3 Å². The Kier molecular flexibility index (Phi) is 4.95. The number of hydrogen-bond donors (Lipinski definition) is 0. The van der Waals surface area contributed by atoms with Crippen LogP contribution in [0.4, 0.5) is 0 Å². The second-order valence-corrected chi connectivity index (χ2v) is 6.19. The van der Waals surface area contributed by atoms with Gasteiger partial charge in [-0.15, -0.1) is 0 Å². The molecule has 24 heavy (non-hydrogen) atoms. The number of fused-ring (bicyclic) bond motifs is 1. The lowest BCUT2D eigenvalue weighted by molar-refractivity contribution is -0.144. The molecule has 1 aliphatic rings. The van der Waals surface area contributed by atoms with Crippen molar-refractivity contribution in [3.8, 4) is 0 Å². The summed E-state index contributed by atoms with van der Waals surface area (Å²) < 4.78 is 5.06. The Morgan fingerprint density at radius 1 is 1.12 bits per heavy atom. The quantitative estimate of drug-likeness (QED) is 0.759. The van der Waals surface area contributed by atoms with Crippen LogP contribution in [-0.4, -0.2) is 13.1 Å². The van der Waals surface area contributed by atoms with E-state index in [1.54, 1.807) is 0 Å². The summed E-state index contributed by atoms with van der Waals surface area (Å²) in [7, 11) is 1.46. The first-order valence-electron chi connectivity index (χ1n) is 8.27. The van der Waals surface area contributed by atoms with Gasteiger partial charge in [-0.1, -0.05) is 72.8 Å². The van der Waals surface area contributed by atoms with Crippen LogP contribution < -0.4 is 0 Å². The number of benzene rings is 2. The molecule has 0 fully saturated rings. The molecule has 0 aromatic heterocycles. The average Bonchev–Trinajstić information content (AvgIpc) is 2.62. The van der Waals surface area contributed by atoms with E-state index < -0.39 is 0 Å². The first-order chi connectivity index (χ1) is 11.7. The van der Waals surface area contributed by atoms with Crippen LogP contribution in [0, 0.1) is 11.8 Å². The Morgan fingerprint density at radius 2 is 1.83 bits per heavy atom. The summed E-state index contributed by atoms with van der Waals surface area (Å²) >= 11 is 0. The minimum atomic E-state index is -0.279. The molecular formula is C22H22O2. The van der Waals surface area contributed by atoms with Gasteiger partial charge in [-0.05, 0) is 41.5 Å². The summed E-state index contributed by atoms with van der Waals surface area (Å²) in [5.74, 6) is -0.346. The molecule has 2 nitrogen and oxygen atoms in total. The molecule has 122 valence electrons. The molecule has 2 unspecified atom stereocenters. The highest BCUT2D eigenvalue weighted by atomic mass is 16.5. The fraction of sp³-hybridized carbons (Fsp3) is 0.227. The van der Waals surface area contributed by atoms with Crippen LogP contribution in [-0.2, 0) is 16.0 Å². The fourth-order valence-corrected chi connectivity index (χ4v) is 3.35. The van der Waals surface area contributed by atoms with Crippen LogP contribution in [0.5, 0.6) is 0 Å². The molecule has 3 rings (SSSR count). The van der Waals surface area contributed by atoms with Crippen molar-refractivity contribution >= 4 is 17.6 Å². The molecule has 1 aliphatic carbocycles. The molecule has 2 aromatic rings. The largest absolute Gasteiger partial charge is 0.469 e. The van der Waals surface area contributed by atoms with Gasteiger partial charge in [-0.2, -0.15) is 0 Å². The zero-order chi connectivity index (χ0) is 16.9. The van der Waals surface area contributed by atoms with E-state index in [2.05, 4.69) is 37.3 Å². The minimum absolute atomic E-state index is 0.118. The Labute approximate surface area is 143 Å². The lowest BCUT2D eigenvalue weighted by atomic mass is 9.78. The van der Waals surface area contributed by atoms with Gasteiger partial charge in [-0.3, -0.25) is 4.79 Å². The highest BCUT2D eigenvalue weighted by molar-refractivity contribution is 5.78. The van der Waals surface area contributed by atoms with E-state index in [1.165, 1.54) is 23.8 Å².